The fraction of sp³-hybridized carbons (Fsp3) is 0. The van der Waals surface area contributed by atoms with Gasteiger partial charge in [-0.05, 0) is 5.46 Å². The summed E-state index contributed by atoms with van der Waals surface area (Å²) in [5.41, 5.74) is 0.467. The van der Waals surface area contributed by atoms with E-state index < -0.39 is 18.8 Å². The molecule has 0 heterocycles. The highest BCUT2D eigenvalue weighted by atomic mass is 19.1. The number of rotatable bonds is 4. The molecule has 2 rings (SSSR count). The number of hydrogen-bond acceptors (Lipinski definition) is 3. The van der Waals surface area contributed by atoms with Gasteiger partial charge in [-0.15, -0.1) is 0 Å². The Morgan fingerprint density at radius 3 is 2.17 bits per heavy atom. The van der Waals surface area contributed by atoms with Gasteiger partial charge in [0.1, 0.15) is 11.6 Å². The monoisotopic (exact) mass is 250 g/mol. The van der Waals surface area contributed by atoms with Crippen LogP contribution in [0.15, 0.2) is 48.5 Å². The normalized spacial score (nSPS) is 10.2. The van der Waals surface area contributed by atoms with Crippen molar-refractivity contribution in [3.8, 4) is 5.75 Å². The Balaban J connectivity index is 1.99. The summed E-state index contributed by atoms with van der Waals surface area (Å²) < 4.78 is 25.7. The second kappa shape index (κ2) is 5.62. The van der Waals surface area contributed by atoms with Gasteiger partial charge < -0.3 is 9.91 Å². The molecule has 0 radical (unpaired) electrons. The Morgan fingerprint density at radius 1 is 0.944 bits per heavy atom. The Labute approximate surface area is 103 Å². The lowest BCUT2D eigenvalue weighted by atomic mass is 9.80. The molecule has 0 bridgehead atoms. The minimum absolute atomic E-state index is 0.164. The van der Waals surface area contributed by atoms with Crippen LogP contribution in [0.25, 0.3) is 0 Å². The summed E-state index contributed by atoms with van der Waals surface area (Å²) >= 11 is 0. The quantitative estimate of drug-likeness (QED) is 0.509. The highest BCUT2D eigenvalue weighted by Gasteiger charge is 2.18. The second-order valence-electron chi connectivity index (χ2n) is 3.55. The zero-order chi connectivity index (χ0) is 13.0. The Morgan fingerprint density at radius 2 is 1.56 bits per heavy atom. The zero-order valence-corrected chi connectivity index (χ0v) is 9.22. The molecule has 6 heteroatoms. The minimum Gasteiger partial charge on any atom is -0.421 e. The van der Waals surface area contributed by atoms with E-state index in [1.54, 1.807) is 30.3 Å². The van der Waals surface area contributed by atoms with E-state index in [4.69, 9.17) is 0 Å². The number of halogens is 2. The predicted octanol–water partition coefficient (Wildman–Crippen LogP) is 1.66. The van der Waals surface area contributed by atoms with Crippen LogP contribution in [-0.2, 0) is 4.81 Å². The Kier molecular flexibility index (Phi) is 3.91. The van der Waals surface area contributed by atoms with Gasteiger partial charge in [0.15, 0.2) is 5.75 Å². The van der Waals surface area contributed by atoms with Crippen LogP contribution in [0.3, 0.4) is 0 Å². The van der Waals surface area contributed by atoms with Crippen molar-refractivity contribution in [2.45, 2.75) is 0 Å². The van der Waals surface area contributed by atoms with Gasteiger partial charge in [-0.25, -0.2) is 13.6 Å². The minimum atomic E-state index is -1.34. The average Bonchev–Trinajstić information content (AvgIpc) is 2.36. The molecule has 0 aromatic heterocycles. The molecule has 0 aliphatic heterocycles. The molecule has 18 heavy (non-hydrogen) atoms. The molecule has 0 fully saturated rings. The van der Waals surface area contributed by atoms with Gasteiger partial charge in [0.05, 0.1) is 0 Å². The first kappa shape index (κ1) is 12.5. The molecule has 0 aliphatic carbocycles. The standard InChI is InChI=1S/C12H9BF2O3/c14-10-6-11(15)8-12(7-10)17-18-13(16)9-4-2-1-3-5-9/h1-8,16H. The topological polar surface area (TPSA) is 38.7 Å². The summed E-state index contributed by atoms with van der Waals surface area (Å²) in [6.45, 7) is 0. The number of hydrogen-bond donors (Lipinski definition) is 1. The van der Waals surface area contributed by atoms with Crippen LogP contribution in [0.5, 0.6) is 5.75 Å². The van der Waals surface area contributed by atoms with Crippen LogP contribution in [0.4, 0.5) is 8.78 Å². The van der Waals surface area contributed by atoms with E-state index in [1.807, 2.05) is 0 Å². The van der Waals surface area contributed by atoms with Crippen molar-refractivity contribution < 1.29 is 23.5 Å². The third-order valence-corrected chi connectivity index (χ3v) is 2.16. The smallest absolute Gasteiger partial charge is 0.421 e. The van der Waals surface area contributed by atoms with E-state index in [9.17, 15) is 13.8 Å². The van der Waals surface area contributed by atoms with Crippen molar-refractivity contribution in [2.75, 3.05) is 0 Å². The zero-order valence-electron chi connectivity index (χ0n) is 9.22. The molecule has 3 nitrogen and oxygen atoms in total. The largest absolute Gasteiger partial charge is 0.538 e. The van der Waals surface area contributed by atoms with Crippen LogP contribution in [0.2, 0.25) is 0 Å². The third-order valence-electron chi connectivity index (χ3n) is 2.16. The summed E-state index contributed by atoms with van der Waals surface area (Å²) in [5.74, 6) is -1.74. The highest BCUT2D eigenvalue weighted by molar-refractivity contribution is 6.59. The fourth-order valence-electron chi connectivity index (χ4n) is 1.35. The average molecular weight is 250 g/mol. The molecule has 0 aliphatic rings. The van der Waals surface area contributed by atoms with Gasteiger partial charge in [-0.2, -0.15) is 0 Å². The van der Waals surface area contributed by atoms with Crippen molar-refractivity contribution in [2.24, 2.45) is 0 Å². The van der Waals surface area contributed by atoms with Crippen molar-refractivity contribution in [3.05, 3.63) is 60.2 Å². The van der Waals surface area contributed by atoms with E-state index in [2.05, 4.69) is 9.69 Å². The second-order valence-corrected chi connectivity index (χ2v) is 3.55. The summed E-state index contributed by atoms with van der Waals surface area (Å²) in [6, 6.07) is 11.1. The van der Waals surface area contributed by atoms with Gasteiger partial charge in [0.25, 0.3) is 0 Å². The molecule has 0 saturated carbocycles. The van der Waals surface area contributed by atoms with Crippen molar-refractivity contribution in [3.63, 3.8) is 0 Å². The van der Waals surface area contributed by atoms with Crippen LogP contribution >= 0.6 is 0 Å². The van der Waals surface area contributed by atoms with Crippen LogP contribution in [-0.4, -0.2) is 12.1 Å². The molecular weight excluding hydrogens is 241 g/mol. The predicted molar refractivity (Wildman–Crippen MR) is 62.1 cm³/mol. The van der Waals surface area contributed by atoms with Crippen molar-refractivity contribution >= 4 is 12.6 Å². The van der Waals surface area contributed by atoms with Gasteiger partial charge in [0, 0.05) is 18.2 Å². The fourth-order valence-corrected chi connectivity index (χ4v) is 1.35. The molecule has 0 spiro atoms. The maximum Gasteiger partial charge on any atom is 0.538 e. The number of benzene rings is 2. The van der Waals surface area contributed by atoms with Crippen LogP contribution in [0.1, 0.15) is 0 Å². The molecule has 2 aromatic carbocycles. The van der Waals surface area contributed by atoms with Crippen molar-refractivity contribution in [1.29, 1.82) is 0 Å². The van der Waals surface area contributed by atoms with Gasteiger partial charge >= 0.3 is 7.12 Å². The summed E-state index contributed by atoms with van der Waals surface area (Å²) in [6.07, 6.45) is 0. The lowest BCUT2D eigenvalue weighted by Gasteiger charge is -2.08. The van der Waals surface area contributed by atoms with E-state index in [0.717, 1.165) is 12.1 Å². The molecule has 2 aromatic rings. The summed E-state index contributed by atoms with van der Waals surface area (Å²) in [4.78, 5) is 9.30. The first-order valence-electron chi connectivity index (χ1n) is 5.17. The lowest BCUT2D eigenvalue weighted by molar-refractivity contribution is -0.117. The first-order chi connectivity index (χ1) is 8.65. The Bertz CT molecular complexity index is 502. The maximum absolute atomic E-state index is 12.8. The summed E-state index contributed by atoms with van der Waals surface area (Å²) in [7, 11) is -1.34. The van der Waals surface area contributed by atoms with E-state index >= 15 is 0 Å². The molecule has 0 unspecified atom stereocenters. The first-order valence-corrected chi connectivity index (χ1v) is 5.17. The summed E-state index contributed by atoms with van der Waals surface area (Å²) in [5, 5.41) is 9.59. The van der Waals surface area contributed by atoms with Crippen LogP contribution < -0.4 is 10.4 Å². The molecule has 0 amide bonds. The van der Waals surface area contributed by atoms with Crippen molar-refractivity contribution in [1.82, 2.24) is 0 Å². The van der Waals surface area contributed by atoms with Gasteiger partial charge in [-0.3, -0.25) is 0 Å². The van der Waals surface area contributed by atoms with E-state index in [-0.39, 0.29) is 5.75 Å². The van der Waals surface area contributed by atoms with Crippen LogP contribution in [0, 0.1) is 11.6 Å². The van der Waals surface area contributed by atoms with E-state index in [0.29, 0.717) is 11.5 Å². The van der Waals surface area contributed by atoms with Gasteiger partial charge in [-0.1, -0.05) is 30.3 Å². The molecular formula is C12H9BF2O3. The third kappa shape index (κ3) is 3.29. The maximum atomic E-state index is 12.8. The Hall–Kier alpha value is -1.92. The SMILES string of the molecule is OB(OOc1cc(F)cc(F)c1)c1ccccc1. The lowest BCUT2D eigenvalue weighted by Crippen LogP contribution is -2.34. The molecule has 0 atom stereocenters. The molecule has 1 N–H and O–H groups in total. The van der Waals surface area contributed by atoms with E-state index in [1.165, 1.54) is 0 Å². The molecule has 0 saturated heterocycles. The molecule has 92 valence electrons. The highest BCUT2D eigenvalue weighted by Crippen LogP contribution is 2.15. The van der Waals surface area contributed by atoms with Gasteiger partial charge in [0.2, 0.25) is 0 Å².